The molecule has 0 aromatic rings. The molecule has 0 spiro atoms. The van der Waals surface area contributed by atoms with Crippen LogP contribution in [0.4, 0.5) is 0 Å². The van der Waals surface area contributed by atoms with Gasteiger partial charge in [0.1, 0.15) is 0 Å². The molecule has 0 aromatic heterocycles. The fourth-order valence-corrected chi connectivity index (χ4v) is 1.69. The van der Waals surface area contributed by atoms with Crippen LogP contribution in [0.2, 0.25) is 0 Å². The molecule has 0 saturated carbocycles. The molecule has 0 rings (SSSR count). The summed E-state index contributed by atoms with van der Waals surface area (Å²) in [7, 11) is 0. The third-order valence-corrected chi connectivity index (χ3v) is 2.15. The summed E-state index contributed by atoms with van der Waals surface area (Å²) < 4.78 is 5.51. The Balaban J connectivity index is 3.44. The highest BCUT2D eigenvalue weighted by Crippen LogP contribution is 1.95. The maximum Gasteiger partial charge on any atom is 0.0596 e. The second kappa shape index (κ2) is 8.97. The highest BCUT2D eigenvalue weighted by molar-refractivity contribution is 9.09. The SMILES string of the molecule is CCCN(CCBr)CCOC(C)C. The van der Waals surface area contributed by atoms with Gasteiger partial charge in [-0.15, -0.1) is 0 Å². The van der Waals surface area contributed by atoms with Gasteiger partial charge in [0.05, 0.1) is 12.7 Å². The molecule has 0 N–H and O–H groups in total. The van der Waals surface area contributed by atoms with E-state index in [2.05, 4.69) is 41.6 Å². The standard InChI is InChI=1S/C10H22BrNO/c1-4-6-12(7-5-11)8-9-13-10(2)3/h10H,4-9H2,1-3H3. The third-order valence-electron chi connectivity index (χ3n) is 1.80. The maximum atomic E-state index is 5.51. The van der Waals surface area contributed by atoms with Crippen LogP contribution in [-0.4, -0.2) is 42.6 Å². The van der Waals surface area contributed by atoms with Gasteiger partial charge in [-0.3, -0.25) is 0 Å². The van der Waals surface area contributed by atoms with Crippen molar-refractivity contribution in [1.29, 1.82) is 0 Å². The van der Waals surface area contributed by atoms with Gasteiger partial charge in [-0.05, 0) is 26.8 Å². The molecule has 13 heavy (non-hydrogen) atoms. The van der Waals surface area contributed by atoms with Crippen LogP contribution >= 0.6 is 15.9 Å². The average molecular weight is 252 g/mol. The second-order valence-corrected chi connectivity index (χ2v) is 4.24. The summed E-state index contributed by atoms with van der Waals surface area (Å²) in [6, 6.07) is 0. The number of nitrogens with zero attached hydrogens (tertiary/aromatic N) is 1. The van der Waals surface area contributed by atoms with E-state index in [-0.39, 0.29) is 0 Å². The molecule has 0 unspecified atom stereocenters. The minimum absolute atomic E-state index is 0.354. The molecule has 0 amide bonds. The van der Waals surface area contributed by atoms with Gasteiger partial charge in [0.15, 0.2) is 0 Å². The van der Waals surface area contributed by atoms with Gasteiger partial charge in [0.25, 0.3) is 0 Å². The lowest BCUT2D eigenvalue weighted by Crippen LogP contribution is -2.30. The lowest BCUT2D eigenvalue weighted by Gasteiger charge is -2.20. The van der Waals surface area contributed by atoms with E-state index in [9.17, 15) is 0 Å². The first-order valence-electron chi connectivity index (χ1n) is 5.10. The summed E-state index contributed by atoms with van der Waals surface area (Å²) >= 11 is 3.46. The predicted octanol–water partition coefficient (Wildman–Crippen LogP) is 2.52. The summed E-state index contributed by atoms with van der Waals surface area (Å²) in [6.45, 7) is 10.6. The monoisotopic (exact) mass is 251 g/mol. The summed E-state index contributed by atoms with van der Waals surface area (Å²) in [5.41, 5.74) is 0. The van der Waals surface area contributed by atoms with Crippen molar-refractivity contribution < 1.29 is 4.74 Å². The van der Waals surface area contributed by atoms with Crippen LogP contribution in [0.1, 0.15) is 27.2 Å². The maximum absolute atomic E-state index is 5.51. The first-order valence-corrected chi connectivity index (χ1v) is 6.22. The van der Waals surface area contributed by atoms with Crippen LogP contribution in [-0.2, 0) is 4.74 Å². The molecule has 2 nitrogen and oxygen atoms in total. The van der Waals surface area contributed by atoms with Crippen molar-refractivity contribution in [2.24, 2.45) is 0 Å². The Morgan fingerprint density at radius 2 is 1.92 bits per heavy atom. The first kappa shape index (κ1) is 13.4. The van der Waals surface area contributed by atoms with Crippen molar-refractivity contribution >= 4 is 15.9 Å². The molecule has 0 aliphatic heterocycles. The van der Waals surface area contributed by atoms with Crippen LogP contribution in [0.15, 0.2) is 0 Å². The lowest BCUT2D eigenvalue weighted by atomic mass is 10.4. The first-order chi connectivity index (χ1) is 6.20. The Morgan fingerprint density at radius 1 is 1.23 bits per heavy atom. The van der Waals surface area contributed by atoms with Gasteiger partial charge in [-0.2, -0.15) is 0 Å². The predicted molar refractivity (Wildman–Crippen MR) is 61.6 cm³/mol. The number of alkyl halides is 1. The molecule has 0 aliphatic carbocycles. The molecule has 0 saturated heterocycles. The van der Waals surface area contributed by atoms with E-state index < -0.39 is 0 Å². The molecule has 0 fully saturated rings. The fraction of sp³-hybridized carbons (Fsp3) is 1.00. The highest BCUT2D eigenvalue weighted by Gasteiger charge is 2.02. The second-order valence-electron chi connectivity index (χ2n) is 3.45. The van der Waals surface area contributed by atoms with Crippen LogP contribution < -0.4 is 0 Å². The minimum atomic E-state index is 0.354. The van der Waals surface area contributed by atoms with Gasteiger partial charge >= 0.3 is 0 Å². The Labute approximate surface area is 90.8 Å². The van der Waals surface area contributed by atoms with E-state index in [0.717, 1.165) is 25.0 Å². The largest absolute Gasteiger partial charge is 0.377 e. The zero-order chi connectivity index (χ0) is 10.1. The normalized spacial score (nSPS) is 11.5. The van der Waals surface area contributed by atoms with Crippen LogP contribution in [0, 0.1) is 0 Å². The molecule has 3 heteroatoms. The van der Waals surface area contributed by atoms with Crippen molar-refractivity contribution in [2.45, 2.75) is 33.3 Å². The van der Waals surface area contributed by atoms with Crippen LogP contribution in [0.25, 0.3) is 0 Å². The van der Waals surface area contributed by atoms with E-state index in [1.54, 1.807) is 0 Å². The van der Waals surface area contributed by atoms with Crippen LogP contribution in [0.5, 0.6) is 0 Å². The third kappa shape index (κ3) is 8.72. The van der Waals surface area contributed by atoms with Crippen molar-refractivity contribution in [3.05, 3.63) is 0 Å². The van der Waals surface area contributed by atoms with E-state index >= 15 is 0 Å². The number of hydrogen-bond acceptors (Lipinski definition) is 2. The van der Waals surface area contributed by atoms with Crippen LogP contribution in [0.3, 0.4) is 0 Å². The highest BCUT2D eigenvalue weighted by atomic mass is 79.9. The molecular weight excluding hydrogens is 230 g/mol. The Kier molecular flexibility index (Phi) is 9.25. The number of hydrogen-bond donors (Lipinski definition) is 0. The molecule has 80 valence electrons. The molecule has 0 aromatic carbocycles. The van der Waals surface area contributed by atoms with Gasteiger partial charge in [-0.25, -0.2) is 0 Å². The summed E-state index contributed by atoms with van der Waals surface area (Å²) in [4.78, 5) is 2.43. The summed E-state index contributed by atoms with van der Waals surface area (Å²) in [5, 5.41) is 1.05. The number of halogens is 1. The van der Waals surface area contributed by atoms with E-state index in [1.807, 2.05) is 0 Å². The zero-order valence-corrected chi connectivity index (χ0v) is 10.6. The topological polar surface area (TPSA) is 12.5 Å². The van der Waals surface area contributed by atoms with E-state index in [1.165, 1.54) is 13.0 Å². The quantitative estimate of drug-likeness (QED) is 0.615. The Hall–Kier alpha value is 0.400. The van der Waals surface area contributed by atoms with E-state index in [4.69, 9.17) is 4.74 Å². The molecule has 0 aliphatic rings. The van der Waals surface area contributed by atoms with Crippen molar-refractivity contribution in [3.63, 3.8) is 0 Å². The molecule has 0 bridgehead atoms. The van der Waals surface area contributed by atoms with Gasteiger partial charge in [0, 0.05) is 18.4 Å². The summed E-state index contributed by atoms with van der Waals surface area (Å²) in [6.07, 6.45) is 1.57. The molecule has 0 radical (unpaired) electrons. The molecule has 0 heterocycles. The van der Waals surface area contributed by atoms with Crippen molar-refractivity contribution in [3.8, 4) is 0 Å². The van der Waals surface area contributed by atoms with Crippen molar-refractivity contribution in [1.82, 2.24) is 4.90 Å². The Morgan fingerprint density at radius 3 is 2.38 bits per heavy atom. The number of rotatable bonds is 8. The zero-order valence-electron chi connectivity index (χ0n) is 9.05. The van der Waals surface area contributed by atoms with Gasteiger partial charge < -0.3 is 9.64 Å². The molecular formula is C10H22BrNO. The average Bonchev–Trinajstić information content (AvgIpc) is 2.04. The smallest absolute Gasteiger partial charge is 0.0596 e. The minimum Gasteiger partial charge on any atom is -0.377 e. The fourth-order valence-electron chi connectivity index (χ4n) is 1.19. The number of ether oxygens (including phenoxy) is 1. The van der Waals surface area contributed by atoms with Gasteiger partial charge in [-0.1, -0.05) is 22.9 Å². The summed E-state index contributed by atoms with van der Waals surface area (Å²) in [5.74, 6) is 0. The molecule has 0 atom stereocenters. The Bertz CT molecular complexity index is 103. The van der Waals surface area contributed by atoms with E-state index in [0.29, 0.717) is 6.10 Å². The van der Waals surface area contributed by atoms with Gasteiger partial charge in [0.2, 0.25) is 0 Å². The van der Waals surface area contributed by atoms with Crippen molar-refractivity contribution in [2.75, 3.05) is 31.6 Å². The lowest BCUT2D eigenvalue weighted by molar-refractivity contribution is 0.0603.